The van der Waals surface area contributed by atoms with Crippen LogP contribution in [0.3, 0.4) is 0 Å². The summed E-state index contributed by atoms with van der Waals surface area (Å²) < 4.78 is 43.1. The SMILES string of the molecule is C=CC[C@@H](OC(=O)CCC[C@H](O[Si](CC)(CC)CC)C(C)CC(=C)C)[C@@H](C)COS(=O)(=O)c1ccc(C)cc1. The molecule has 4 atom stereocenters. The minimum atomic E-state index is -3.89. The van der Waals surface area contributed by atoms with Crippen LogP contribution in [-0.2, 0) is 28.3 Å². The summed E-state index contributed by atoms with van der Waals surface area (Å²) in [5.74, 6) is -0.299. The molecule has 1 rings (SSSR count). The largest absolute Gasteiger partial charge is 0.462 e. The van der Waals surface area contributed by atoms with Gasteiger partial charge in [-0.05, 0) is 69.3 Å². The molecule has 0 aliphatic carbocycles. The van der Waals surface area contributed by atoms with Crippen LogP contribution in [0.15, 0.2) is 54.0 Å². The Kier molecular flexibility index (Phi) is 15.5. The molecule has 0 amide bonds. The van der Waals surface area contributed by atoms with Gasteiger partial charge in [0.1, 0.15) is 6.10 Å². The van der Waals surface area contributed by atoms with Gasteiger partial charge in [-0.15, -0.1) is 13.2 Å². The van der Waals surface area contributed by atoms with Gasteiger partial charge in [-0.25, -0.2) is 0 Å². The Balaban J connectivity index is 2.75. The van der Waals surface area contributed by atoms with E-state index in [4.69, 9.17) is 13.3 Å². The molecule has 8 heteroatoms. The summed E-state index contributed by atoms with van der Waals surface area (Å²) in [7, 11) is -5.69. The number of aryl methyl sites for hydroxylation is 1. The monoisotopic (exact) mass is 580 g/mol. The summed E-state index contributed by atoms with van der Waals surface area (Å²) in [4.78, 5) is 12.9. The van der Waals surface area contributed by atoms with Crippen LogP contribution in [-0.4, -0.2) is 41.5 Å². The average Bonchev–Trinajstić information content (AvgIpc) is 2.89. The maximum atomic E-state index is 12.8. The van der Waals surface area contributed by atoms with Crippen molar-refractivity contribution in [1.82, 2.24) is 0 Å². The van der Waals surface area contributed by atoms with Gasteiger partial charge >= 0.3 is 5.97 Å². The van der Waals surface area contributed by atoms with E-state index in [2.05, 4.69) is 40.9 Å². The first-order valence-electron chi connectivity index (χ1n) is 14.4. The predicted octanol–water partition coefficient (Wildman–Crippen LogP) is 7.99. The van der Waals surface area contributed by atoms with Gasteiger partial charge in [0.15, 0.2) is 8.32 Å². The number of ether oxygens (including phenoxy) is 1. The van der Waals surface area contributed by atoms with Gasteiger partial charge in [0.25, 0.3) is 10.1 Å². The Morgan fingerprint density at radius 1 is 1.03 bits per heavy atom. The lowest BCUT2D eigenvalue weighted by Gasteiger charge is -2.36. The second-order valence-corrected chi connectivity index (χ2v) is 17.4. The highest BCUT2D eigenvalue weighted by atomic mass is 32.2. The topological polar surface area (TPSA) is 78.9 Å². The Bertz CT molecular complexity index is 992. The molecule has 0 saturated carbocycles. The number of allylic oxidation sites excluding steroid dienone is 1. The maximum Gasteiger partial charge on any atom is 0.306 e. The van der Waals surface area contributed by atoms with E-state index >= 15 is 0 Å². The molecule has 1 unspecified atom stereocenters. The number of hydrogen-bond acceptors (Lipinski definition) is 6. The van der Waals surface area contributed by atoms with E-state index in [1.807, 2.05) is 20.8 Å². The van der Waals surface area contributed by atoms with E-state index in [1.165, 1.54) is 12.1 Å². The highest BCUT2D eigenvalue weighted by Gasteiger charge is 2.34. The predicted molar refractivity (Wildman–Crippen MR) is 163 cm³/mol. The average molecular weight is 581 g/mol. The van der Waals surface area contributed by atoms with Crippen molar-refractivity contribution in [3.05, 3.63) is 54.6 Å². The highest BCUT2D eigenvalue weighted by molar-refractivity contribution is 7.86. The second kappa shape index (κ2) is 17.2. The fourth-order valence-corrected chi connectivity index (χ4v) is 8.77. The van der Waals surface area contributed by atoms with Crippen molar-refractivity contribution in [2.24, 2.45) is 11.8 Å². The van der Waals surface area contributed by atoms with Crippen molar-refractivity contribution in [3.8, 4) is 0 Å². The first kappa shape index (κ1) is 35.3. The summed E-state index contributed by atoms with van der Waals surface area (Å²) in [5.41, 5.74) is 2.10. The number of esters is 1. The number of rotatable bonds is 20. The normalized spacial score (nSPS) is 15.3. The summed E-state index contributed by atoms with van der Waals surface area (Å²) in [6.45, 7) is 22.4. The van der Waals surface area contributed by atoms with Crippen LogP contribution in [0.5, 0.6) is 0 Å². The third-order valence-corrected chi connectivity index (χ3v) is 13.6. The van der Waals surface area contributed by atoms with E-state index < -0.39 is 24.5 Å². The molecule has 0 heterocycles. The third kappa shape index (κ3) is 12.1. The zero-order chi connectivity index (χ0) is 29.6. The van der Waals surface area contributed by atoms with E-state index in [0.717, 1.165) is 42.1 Å². The van der Waals surface area contributed by atoms with E-state index in [-0.39, 0.29) is 35.9 Å². The summed E-state index contributed by atoms with van der Waals surface area (Å²) in [6, 6.07) is 9.76. The summed E-state index contributed by atoms with van der Waals surface area (Å²) in [5, 5.41) is 0. The molecule has 0 bridgehead atoms. The number of carbonyl (C=O) groups excluding carboxylic acids is 1. The first-order chi connectivity index (χ1) is 18.3. The molecule has 39 heavy (non-hydrogen) atoms. The van der Waals surface area contributed by atoms with Crippen LogP contribution in [0.25, 0.3) is 0 Å². The van der Waals surface area contributed by atoms with Crippen molar-refractivity contribution in [2.75, 3.05) is 6.61 Å². The highest BCUT2D eigenvalue weighted by Crippen LogP contribution is 2.30. The molecular formula is C31H52O6SSi. The Morgan fingerprint density at radius 2 is 1.62 bits per heavy atom. The molecule has 1 aromatic rings. The van der Waals surface area contributed by atoms with Gasteiger partial charge in [0.2, 0.25) is 0 Å². The lowest BCUT2D eigenvalue weighted by molar-refractivity contribution is -0.152. The standard InChI is InChI=1S/C31H52O6SSi/c1-10-15-29(27(9)23-35-38(33,34)28-20-18-25(7)19-21-28)36-31(32)17-14-16-30(26(8)22-24(5)6)37-39(11-2,12-3)13-4/h10,18-21,26-27,29-30H,1,5,11-17,22-23H2,2-4,6-9H3/t26?,27-,29+,30-/m0/s1. The van der Waals surface area contributed by atoms with Gasteiger partial charge in [-0.1, -0.05) is 64.0 Å². The van der Waals surface area contributed by atoms with Crippen LogP contribution < -0.4 is 0 Å². The molecule has 0 N–H and O–H groups in total. The Labute approximate surface area is 239 Å². The number of benzene rings is 1. The van der Waals surface area contributed by atoms with Gasteiger partial charge in [0.05, 0.1) is 11.5 Å². The zero-order valence-electron chi connectivity index (χ0n) is 25.3. The van der Waals surface area contributed by atoms with Crippen LogP contribution >= 0.6 is 0 Å². The molecule has 222 valence electrons. The van der Waals surface area contributed by atoms with E-state index in [1.54, 1.807) is 18.2 Å². The van der Waals surface area contributed by atoms with Crippen molar-refractivity contribution in [3.63, 3.8) is 0 Å². The zero-order valence-corrected chi connectivity index (χ0v) is 27.1. The lowest BCUT2D eigenvalue weighted by atomic mass is 9.94. The second-order valence-electron chi connectivity index (χ2n) is 11.0. The van der Waals surface area contributed by atoms with Gasteiger partial charge in [-0.3, -0.25) is 8.98 Å². The summed E-state index contributed by atoms with van der Waals surface area (Å²) in [6.07, 6.45) is 4.30. The minimum Gasteiger partial charge on any atom is -0.462 e. The smallest absolute Gasteiger partial charge is 0.306 e. The number of hydrogen-bond donors (Lipinski definition) is 0. The molecule has 0 aromatic heterocycles. The molecular weight excluding hydrogens is 528 g/mol. The van der Waals surface area contributed by atoms with E-state index in [9.17, 15) is 13.2 Å². The fourth-order valence-electron chi connectivity index (χ4n) is 4.78. The van der Waals surface area contributed by atoms with Crippen molar-refractivity contribution < 1.29 is 26.6 Å². The first-order valence-corrected chi connectivity index (χ1v) is 18.3. The van der Waals surface area contributed by atoms with Crippen molar-refractivity contribution in [1.29, 1.82) is 0 Å². The quantitative estimate of drug-likeness (QED) is 0.0673. The van der Waals surface area contributed by atoms with Crippen LogP contribution in [0.1, 0.15) is 79.2 Å². The van der Waals surface area contributed by atoms with Gasteiger partial charge in [0, 0.05) is 24.9 Å². The maximum absolute atomic E-state index is 12.8. The van der Waals surface area contributed by atoms with Crippen LogP contribution in [0.2, 0.25) is 18.1 Å². The lowest BCUT2D eigenvalue weighted by Crippen LogP contribution is -2.42. The molecule has 0 fully saturated rings. The fraction of sp³-hybridized carbons (Fsp3) is 0.645. The number of carbonyl (C=O) groups is 1. The third-order valence-electron chi connectivity index (χ3n) is 7.62. The molecule has 0 aliphatic rings. The molecule has 0 spiro atoms. The van der Waals surface area contributed by atoms with Gasteiger partial charge < -0.3 is 9.16 Å². The minimum absolute atomic E-state index is 0.0873. The Morgan fingerprint density at radius 3 is 2.13 bits per heavy atom. The molecule has 1 aromatic carbocycles. The van der Waals surface area contributed by atoms with Gasteiger partial charge in [-0.2, -0.15) is 8.42 Å². The van der Waals surface area contributed by atoms with Crippen molar-refractivity contribution in [2.45, 2.75) is 116 Å². The van der Waals surface area contributed by atoms with Crippen LogP contribution in [0.4, 0.5) is 0 Å². The molecule has 6 nitrogen and oxygen atoms in total. The molecule has 0 radical (unpaired) electrons. The van der Waals surface area contributed by atoms with Crippen molar-refractivity contribution >= 4 is 24.4 Å². The van der Waals surface area contributed by atoms with Crippen LogP contribution in [0, 0.1) is 18.8 Å². The van der Waals surface area contributed by atoms with E-state index in [0.29, 0.717) is 18.8 Å². The molecule has 0 saturated heterocycles. The molecule has 0 aliphatic heterocycles. The summed E-state index contributed by atoms with van der Waals surface area (Å²) >= 11 is 0. The Hall–Kier alpha value is -1.74.